The molecule has 0 fully saturated rings. The second kappa shape index (κ2) is 4.46. The Labute approximate surface area is 86.0 Å². The minimum Gasteiger partial charge on any atom is -0.393 e. The van der Waals surface area contributed by atoms with Gasteiger partial charge in [0.1, 0.15) is 5.69 Å². The van der Waals surface area contributed by atoms with Crippen molar-refractivity contribution in [3.63, 3.8) is 0 Å². The maximum Gasteiger partial charge on any atom is 0.328 e. The van der Waals surface area contributed by atoms with Gasteiger partial charge in [-0.2, -0.15) is 5.26 Å². The van der Waals surface area contributed by atoms with Crippen molar-refractivity contribution < 1.29 is 0 Å². The first-order valence-electron chi connectivity index (χ1n) is 4.54. The molecule has 0 amide bonds. The van der Waals surface area contributed by atoms with Gasteiger partial charge in [-0.05, 0) is 13.3 Å². The van der Waals surface area contributed by atoms with Gasteiger partial charge >= 0.3 is 5.69 Å². The second-order valence-corrected chi connectivity index (χ2v) is 3.30. The fraction of sp³-hybridized carbons (Fsp3) is 0.444. The number of rotatable bonds is 3. The van der Waals surface area contributed by atoms with Crippen molar-refractivity contribution in [2.45, 2.75) is 25.8 Å². The highest BCUT2D eigenvalue weighted by atomic mass is 16.2. The number of aromatic nitrogens is 2. The van der Waals surface area contributed by atoms with Gasteiger partial charge in [0.15, 0.2) is 0 Å². The summed E-state index contributed by atoms with van der Waals surface area (Å²) in [6, 6.07) is 1.84. The van der Waals surface area contributed by atoms with E-state index in [4.69, 9.17) is 11.0 Å². The Morgan fingerprint density at radius 3 is 2.93 bits per heavy atom. The van der Waals surface area contributed by atoms with Gasteiger partial charge in [0.25, 0.3) is 5.56 Å². The molecule has 1 aromatic rings. The Morgan fingerprint density at radius 1 is 1.67 bits per heavy atom. The van der Waals surface area contributed by atoms with Crippen LogP contribution in [0, 0.1) is 11.3 Å². The van der Waals surface area contributed by atoms with Gasteiger partial charge in [0.2, 0.25) is 0 Å². The topological polar surface area (TPSA) is 105 Å². The lowest BCUT2D eigenvalue weighted by atomic mass is 10.2. The van der Waals surface area contributed by atoms with E-state index in [9.17, 15) is 9.59 Å². The summed E-state index contributed by atoms with van der Waals surface area (Å²) >= 11 is 0. The zero-order valence-corrected chi connectivity index (χ0v) is 8.36. The van der Waals surface area contributed by atoms with E-state index in [-0.39, 0.29) is 11.7 Å². The number of nitrogen functional groups attached to an aromatic ring is 1. The average Bonchev–Trinajstić information content (AvgIpc) is 2.20. The third-order valence-electron chi connectivity index (χ3n) is 2.14. The first-order chi connectivity index (χ1) is 7.06. The first kappa shape index (κ1) is 11.0. The number of hydrogen-bond acceptors (Lipinski definition) is 4. The number of aromatic amines is 1. The highest BCUT2D eigenvalue weighted by Gasteiger charge is 2.08. The Hall–Kier alpha value is -2.03. The van der Waals surface area contributed by atoms with Crippen LogP contribution in [-0.4, -0.2) is 9.55 Å². The standard InChI is InChI=1S/C9H12N4O2/c1-6(3-2-4-10)13-5-7(11)8(14)12-9(13)15/h5-6H,2-3,11H2,1H3,(H,12,14,15). The largest absolute Gasteiger partial charge is 0.393 e. The van der Waals surface area contributed by atoms with Gasteiger partial charge in [-0.15, -0.1) is 0 Å². The summed E-state index contributed by atoms with van der Waals surface area (Å²) in [6.45, 7) is 1.79. The lowest BCUT2D eigenvalue weighted by Crippen LogP contribution is -2.32. The smallest absolute Gasteiger partial charge is 0.328 e. The molecule has 0 radical (unpaired) electrons. The minimum atomic E-state index is -0.580. The van der Waals surface area contributed by atoms with Gasteiger partial charge in [-0.25, -0.2) is 4.79 Å². The lowest BCUT2D eigenvalue weighted by molar-refractivity contribution is 0.488. The van der Waals surface area contributed by atoms with E-state index in [1.165, 1.54) is 10.8 Å². The van der Waals surface area contributed by atoms with Gasteiger partial charge < -0.3 is 5.73 Å². The van der Waals surface area contributed by atoms with E-state index in [1.54, 1.807) is 6.92 Å². The van der Waals surface area contributed by atoms with Crippen molar-refractivity contribution in [1.29, 1.82) is 5.26 Å². The zero-order chi connectivity index (χ0) is 11.4. The third-order valence-corrected chi connectivity index (χ3v) is 2.14. The van der Waals surface area contributed by atoms with E-state index in [2.05, 4.69) is 4.98 Å². The Bertz CT molecular complexity index is 494. The highest BCUT2D eigenvalue weighted by Crippen LogP contribution is 2.09. The highest BCUT2D eigenvalue weighted by molar-refractivity contribution is 5.30. The summed E-state index contributed by atoms with van der Waals surface area (Å²) in [5, 5.41) is 8.41. The van der Waals surface area contributed by atoms with Crippen LogP contribution in [0.4, 0.5) is 5.69 Å². The van der Waals surface area contributed by atoms with Crippen LogP contribution in [0.15, 0.2) is 15.8 Å². The number of H-pyrrole nitrogens is 1. The zero-order valence-electron chi connectivity index (χ0n) is 8.36. The summed E-state index contributed by atoms with van der Waals surface area (Å²) in [6.07, 6.45) is 2.21. The van der Waals surface area contributed by atoms with Gasteiger partial charge in [0, 0.05) is 18.7 Å². The van der Waals surface area contributed by atoms with Crippen molar-refractivity contribution >= 4 is 5.69 Å². The maximum absolute atomic E-state index is 11.4. The number of hydrogen-bond donors (Lipinski definition) is 2. The second-order valence-electron chi connectivity index (χ2n) is 3.30. The molecule has 6 heteroatoms. The summed E-state index contributed by atoms with van der Waals surface area (Å²) < 4.78 is 1.33. The number of nitriles is 1. The van der Waals surface area contributed by atoms with Crippen molar-refractivity contribution in [2.24, 2.45) is 0 Å². The van der Waals surface area contributed by atoms with E-state index >= 15 is 0 Å². The molecule has 0 aliphatic rings. The average molecular weight is 208 g/mol. The minimum absolute atomic E-state index is 0.00147. The fourth-order valence-corrected chi connectivity index (χ4v) is 1.24. The maximum atomic E-state index is 11.4. The van der Waals surface area contributed by atoms with Crippen molar-refractivity contribution in [2.75, 3.05) is 5.73 Å². The van der Waals surface area contributed by atoms with E-state index in [0.29, 0.717) is 12.8 Å². The molecule has 1 rings (SSSR count). The molecule has 6 nitrogen and oxygen atoms in total. The molecule has 3 N–H and O–H groups in total. The third kappa shape index (κ3) is 2.47. The molecule has 0 saturated carbocycles. The molecule has 0 aromatic carbocycles. The predicted molar refractivity (Wildman–Crippen MR) is 55.3 cm³/mol. The van der Waals surface area contributed by atoms with Gasteiger partial charge in [0.05, 0.1) is 6.07 Å². The summed E-state index contributed by atoms with van der Waals surface area (Å²) in [5.74, 6) is 0. The molecule has 80 valence electrons. The van der Waals surface area contributed by atoms with Crippen LogP contribution in [0.3, 0.4) is 0 Å². The Balaban J connectivity index is 3.05. The fourth-order valence-electron chi connectivity index (χ4n) is 1.24. The number of nitrogens with two attached hydrogens (primary N) is 1. The van der Waals surface area contributed by atoms with Gasteiger partial charge in [-0.1, -0.05) is 0 Å². The molecule has 1 atom stereocenters. The Morgan fingerprint density at radius 2 is 2.33 bits per heavy atom. The number of nitrogens with one attached hydrogen (secondary N) is 1. The molecule has 1 aromatic heterocycles. The SMILES string of the molecule is CC(CCC#N)n1cc(N)c(=O)[nH]c1=O. The first-order valence-corrected chi connectivity index (χ1v) is 4.54. The van der Waals surface area contributed by atoms with E-state index in [0.717, 1.165) is 0 Å². The summed E-state index contributed by atoms with van der Waals surface area (Å²) in [5.41, 5.74) is 4.31. The molecule has 0 bridgehead atoms. The van der Waals surface area contributed by atoms with E-state index in [1.807, 2.05) is 6.07 Å². The van der Waals surface area contributed by atoms with Crippen LogP contribution in [0.25, 0.3) is 0 Å². The van der Waals surface area contributed by atoms with Crippen molar-refractivity contribution in [1.82, 2.24) is 9.55 Å². The number of nitrogens with zero attached hydrogens (tertiary/aromatic N) is 2. The summed E-state index contributed by atoms with van der Waals surface area (Å²) in [4.78, 5) is 24.5. The normalized spacial score (nSPS) is 12.0. The quantitative estimate of drug-likeness (QED) is 0.728. The molecule has 0 spiro atoms. The Kier molecular flexibility index (Phi) is 3.29. The molecule has 1 heterocycles. The van der Waals surface area contributed by atoms with Crippen LogP contribution in [0.2, 0.25) is 0 Å². The monoisotopic (exact) mass is 208 g/mol. The molecular formula is C9H12N4O2. The molecule has 0 aliphatic heterocycles. The summed E-state index contributed by atoms with van der Waals surface area (Å²) in [7, 11) is 0. The molecular weight excluding hydrogens is 196 g/mol. The van der Waals surface area contributed by atoms with Crippen LogP contribution in [0.5, 0.6) is 0 Å². The van der Waals surface area contributed by atoms with Crippen LogP contribution in [-0.2, 0) is 0 Å². The van der Waals surface area contributed by atoms with Gasteiger partial charge in [-0.3, -0.25) is 14.3 Å². The van der Waals surface area contributed by atoms with Crippen LogP contribution >= 0.6 is 0 Å². The lowest BCUT2D eigenvalue weighted by Gasteiger charge is -2.12. The molecule has 0 aliphatic carbocycles. The molecule has 0 saturated heterocycles. The molecule has 1 unspecified atom stereocenters. The van der Waals surface area contributed by atoms with Crippen molar-refractivity contribution in [3.8, 4) is 6.07 Å². The number of anilines is 1. The predicted octanol–water partition coefficient (Wildman–Crippen LogP) is -0.0164. The van der Waals surface area contributed by atoms with Crippen molar-refractivity contribution in [3.05, 3.63) is 27.0 Å². The van der Waals surface area contributed by atoms with Crippen LogP contribution in [0.1, 0.15) is 25.8 Å². The van der Waals surface area contributed by atoms with E-state index < -0.39 is 11.2 Å². The van der Waals surface area contributed by atoms with Crippen LogP contribution < -0.4 is 17.0 Å². The molecule has 15 heavy (non-hydrogen) atoms.